The lowest BCUT2D eigenvalue weighted by molar-refractivity contribution is 0.100. The summed E-state index contributed by atoms with van der Waals surface area (Å²) in [5.41, 5.74) is 1.02. The van der Waals surface area contributed by atoms with Gasteiger partial charge in [-0.25, -0.2) is 0 Å². The molecule has 1 rings (SSSR count). The van der Waals surface area contributed by atoms with Gasteiger partial charge in [-0.15, -0.1) is 0 Å². The number of carbonyl (C=O) groups excluding carboxylic acids is 1. The second-order valence-electron chi connectivity index (χ2n) is 2.69. The number of halogens is 2. The predicted molar refractivity (Wildman–Crippen MR) is 52.7 cm³/mol. The van der Waals surface area contributed by atoms with E-state index in [1.54, 1.807) is 6.07 Å². The van der Waals surface area contributed by atoms with Crippen LogP contribution >= 0.6 is 23.2 Å². The second kappa shape index (κ2) is 3.99. The van der Waals surface area contributed by atoms with E-state index < -0.39 is 10.6 Å². The Morgan fingerprint density at radius 3 is 2.54 bits per heavy atom. The molecule has 13 heavy (non-hydrogen) atoms. The van der Waals surface area contributed by atoms with Gasteiger partial charge < -0.3 is 5.11 Å². The minimum Gasteiger partial charge on any atom is -0.507 e. The first-order chi connectivity index (χ1) is 6.02. The fraction of sp³-hybridized carbons (Fsp3) is 0.222. The van der Waals surface area contributed by atoms with Crippen molar-refractivity contribution in [2.24, 2.45) is 0 Å². The molecular weight excluding hydrogens is 211 g/mol. The molecule has 0 aliphatic carbocycles. The van der Waals surface area contributed by atoms with Gasteiger partial charge in [0.25, 0.3) is 0 Å². The summed E-state index contributed by atoms with van der Waals surface area (Å²) in [5.74, 6) is -0.572. The van der Waals surface area contributed by atoms with Crippen LogP contribution in [0.15, 0.2) is 18.2 Å². The van der Waals surface area contributed by atoms with E-state index in [2.05, 4.69) is 0 Å². The fourth-order valence-corrected chi connectivity index (χ4v) is 1.20. The van der Waals surface area contributed by atoms with E-state index in [4.69, 9.17) is 23.2 Å². The third kappa shape index (κ3) is 2.36. The highest BCUT2D eigenvalue weighted by molar-refractivity contribution is 6.55. The van der Waals surface area contributed by atoms with Gasteiger partial charge in [-0.3, -0.25) is 4.79 Å². The fourth-order valence-electron chi connectivity index (χ4n) is 0.968. The summed E-state index contributed by atoms with van der Waals surface area (Å²) in [7, 11) is 0. The lowest BCUT2D eigenvalue weighted by Gasteiger charge is -2.04. The zero-order valence-electron chi connectivity index (χ0n) is 6.92. The average Bonchev–Trinajstić information content (AvgIpc) is 2.03. The van der Waals surface area contributed by atoms with Crippen molar-refractivity contribution >= 4 is 29.0 Å². The molecule has 0 bridgehead atoms. The molecule has 0 amide bonds. The largest absolute Gasteiger partial charge is 0.507 e. The average molecular weight is 219 g/mol. The van der Waals surface area contributed by atoms with Crippen LogP contribution < -0.4 is 0 Å². The Morgan fingerprint density at radius 1 is 1.46 bits per heavy atom. The SMILES string of the molecule is Cc1ccc(C(=O)C(Cl)Cl)c(O)c1. The third-order valence-electron chi connectivity index (χ3n) is 1.62. The Labute approximate surface area is 86.1 Å². The van der Waals surface area contributed by atoms with Gasteiger partial charge in [-0.05, 0) is 24.6 Å². The molecule has 1 aromatic carbocycles. The molecule has 0 saturated heterocycles. The minimum absolute atomic E-state index is 0.0868. The van der Waals surface area contributed by atoms with Crippen LogP contribution in [0.1, 0.15) is 15.9 Å². The molecule has 1 aromatic rings. The molecule has 70 valence electrons. The normalized spacial score (nSPS) is 10.5. The van der Waals surface area contributed by atoms with E-state index in [0.29, 0.717) is 0 Å². The Kier molecular flexibility index (Phi) is 3.17. The summed E-state index contributed by atoms with van der Waals surface area (Å²) in [5, 5.41) is 9.37. The number of aryl methyl sites for hydroxylation is 1. The maximum atomic E-state index is 11.3. The molecule has 2 nitrogen and oxygen atoms in total. The highest BCUT2D eigenvalue weighted by atomic mass is 35.5. The number of benzene rings is 1. The summed E-state index contributed by atoms with van der Waals surface area (Å²) in [6.45, 7) is 1.81. The quantitative estimate of drug-likeness (QED) is 0.613. The summed E-state index contributed by atoms with van der Waals surface area (Å²) in [6, 6.07) is 4.71. The minimum atomic E-state index is -1.13. The van der Waals surface area contributed by atoms with E-state index in [1.807, 2.05) is 6.92 Å². The Balaban J connectivity index is 3.09. The highest BCUT2D eigenvalue weighted by Gasteiger charge is 2.17. The number of hydrogen-bond donors (Lipinski definition) is 1. The van der Waals surface area contributed by atoms with Crippen molar-refractivity contribution < 1.29 is 9.90 Å². The van der Waals surface area contributed by atoms with Crippen molar-refractivity contribution in [2.45, 2.75) is 11.8 Å². The monoisotopic (exact) mass is 218 g/mol. The highest BCUT2D eigenvalue weighted by Crippen LogP contribution is 2.22. The van der Waals surface area contributed by atoms with E-state index >= 15 is 0 Å². The van der Waals surface area contributed by atoms with Gasteiger partial charge in [0.2, 0.25) is 0 Å². The number of hydrogen-bond acceptors (Lipinski definition) is 2. The van der Waals surface area contributed by atoms with E-state index in [1.165, 1.54) is 12.1 Å². The smallest absolute Gasteiger partial charge is 0.199 e. The van der Waals surface area contributed by atoms with Crippen LogP contribution in [0.5, 0.6) is 5.75 Å². The van der Waals surface area contributed by atoms with Crippen molar-refractivity contribution in [1.29, 1.82) is 0 Å². The molecule has 1 N–H and O–H groups in total. The van der Waals surface area contributed by atoms with Crippen LogP contribution in [0.4, 0.5) is 0 Å². The Hall–Kier alpha value is -0.730. The van der Waals surface area contributed by atoms with Crippen LogP contribution in [-0.4, -0.2) is 15.7 Å². The maximum Gasteiger partial charge on any atom is 0.199 e. The van der Waals surface area contributed by atoms with Crippen molar-refractivity contribution in [3.8, 4) is 5.75 Å². The molecule has 0 fully saturated rings. The van der Waals surface area contributed by atoms with Gasteiger partial charge >= 0.3 is 0 Å². The molecule has 0 aliphatic heterocycles. The summed E-state index contributed by atoms with van der Waals surface area (Å²) >= 11 is 10.8. The third-order valence-corrected chi connectivity index (χ3v) is 2.01. The molecule has 0 radical (unpaired) electrons. The zero-order chi connectivity index (χ0) is 10.0. The van der Waals surface area contributed by atoms with Crippen LogP contribution in [-0.2, 0) is 0 Å². The van der Waals surface area contributed by atoms with Crippen LogP contribution in [0.25, 0.3) is 0 Å². The molecule has 0 unspecified atom stereocenters. The zero-order valence-corrected chi connectivity index (χ0v) is 8.43. The van der Waals surface area contributed by atoms with Gasteiger partial charge in [-0.2, -0.15) is 0 Å². The van der Waals surface area contributed by atoms with Crippen LogP contribution in [0.3, 0.4) is 0 Å². The van der Waals surface area contributed by atoms with Gasteiger partial charge in [-0.1, -0.05) is 29.3 Å². The Morgan fingerprint density at radius 2 is 2.08 bits per heavy atom. The molecule has 0 heterocycles. The molecular formula is C9H8Cl2O2. The molecule has 0 aliphatic rings. The molecule has 0 spiro atoms. The number of rotatable bonds is 2. The number of phenolic OH excluding ortho intramolecular Hbond substituents is 1. The number of carbonyl (C=O) groups is 1. The number of phenols is 1. The number of ketones is 1. The summed E-state index contributed by atoms with van der Waals surface area (Å²) in [6.07, 6.45) is 0. The lowest BCUT2D eigenvalue weighted by atomic mass is 10.1. The van der Waals surface area contributed by atoms with Crippen LogP contribution in [0.2, 0.25) is 0 Å². The number of Topliss-reactive ketones (excluding diaryl/α,β-unsaturated/α-hetero) is 1. The lowest BCUT2D eigenvalue weighted by Crippen LogP contribution is -2.08. The molecule has 4 heteroatoms. The van der Waals surface area contributed by atoms with Gasteiger partial charge in [0.15, 0.2) is 10.6 Å². The number of alkyl halides is 2. The van der Waals surface area contributed by atoms with Gasteiger partial charge in [0.1, 0.15) is 5.75 Å². The molecule has 0 atom stereocenters. The summed E-state index contributed by atoms with van der Waals surface area (Å²) in [4.78, 5) is 10.1. The van der Waals surface area contributed by atoms with E-state index in [0.717, 1.165) is 5.56 Å². The molecule has 0 saturated carbocycles. The van der Waals surface area contributed by atoms with Crippen molar-refractivity contribution in [2.75, 3.05) is 0 Å². The number of aromatic hydroxyl groups is 1. The Bertz CT molecular complexity index is 334. The van der Waals surface area contributed by atoms with Crippen molar-refractivity contribution in [3.05, 3.63) is 29.3 Å². The van der Waals surface area contributed by atoms with Crippen LogP contribution in [0, 0.1) is 6.92 Å². The first kappa shape index (κ1) is 10.4. The van der Waals surface area contributed by atoms with Crippen molar-refractivity contribution in [3.63, 3.8) is 0 Å². The van der Waals surface area contributed by atoms with Gasteiger partial charge in [0.05, 0.1) is 5.56 Å². The predicted octanol–water partition coefficient (Wildman–Crippen LogP) is 2.69. The molecule has 0 aromatic heterocycles. The standard InChI is InChI=1S/C9H8Cl2O2/c1-5-2-3-6(7(12)4-5)8(13)9(10)11/h2-4,9,12H,1H3. The first-order valence-electron chi connectivity index (χ1n) is 3.64. The van der Waals surface area contributed by atoms with E-state index in [-0.39, 0.29) is 11.3 Å². The van der Waals surface area contributed by atoms with Crippen molar-refractivity contribution in [1.82, 2.24) is 0 Å². The van der Waals surface area contributed by atoms with E-state index in [9.17, 15) is 9.90 Å². The first-order valence-corrected chi connectivity index (χ1v) is 4.51. The summed E-state index contributed by atoms with van der Waals surface area (Å²) < 4.78 is 0. The van der Waals surface area contributed by atoms with Gasteiger partial charge in [0, 0.05) is 0 Å². The topological polar surface area (TPSA) is 37.3 Å². The second-order valence-corrected chi connectivity index (χ2v) is 3.78. The maximum absolute atomic E-state index is 11.3.